The zero-order chi connectivity index (χ0) is 15.1. The average Bonchev–Trinajstić information content (AvgIpc) is 2.49. The Balaban J connectivity index is 1.80. The standard InChI is InChI=1S/C16H25N3O2/c1-2-3-8-18-15(20)19-11-6-16(21,7-12-19)13-14-4-9-17-10-5-14/h4-5,9-10,21H,2-3,6-8,11-13H2,1H3,(H,18,20). The van der Waals surface area contributed by atoms with E-state index in [4.69, 9.17) is 0 Å². The third-order valence-corrected chi connectivity index (χ3v) is 4.07. The second-order valence-electron chi connectivity index (χ2n) is 5.83. The minimum Gasteiger partial charge on any atom is -0.389 e. The molecule has 0 aromatic carbocycles. The summed E-state index contributed by atoms with van der Waals surface area (Å²) in [5.41, 5.74) is 0.384. The van der Waals surface area contributed by atoms with Gasteiger partial charge in [-0.3, -0.25) is 4.98 Å². The topological polar surface area (TPSA) is 65.5 Å². The Labute approximate surface area is 126 Å². The maximum atomic E-state index is 12.0. The van der Waals surface area contributed by atoms with Crippen molar-refractivity contribution in [3.8, 4) is 0 Å². The summed E-state index contributed by atoms with van der Waals surface area (Å²) in [4.78, 5) is 17.8. The van der Waals surface area contributed by atoms with Gasteiger partial charge in [0, 0.05) is 38.4 Å². The Morgan fingerprint density at radius 1 is 1.38 bits per heavy atom. The molecule has 1 fully saturated rings. The second-order valence-corrected chi connectivity index (χ2v) is 5.83. The fraction of sp³-hybridized carbons (Fsp3) is 0.625. The van der Waals surface area contributed by atoms with Crippen LogP contribution in [0.3, 0.4) is 0 Å². The Kier molecular flexibility index (Phi) is 5.56. The third-order valence-electron chi connectivity index (χ3n) is 4.07. The monoisotopic (exact) mass is 291 g/mol. The summed E-state index contributed by atoms with van der Waals surface area (Å²) in [7, 11) is 0. The van der Waals surface area contributed by atoms with E-state index in [1.807, 2.05) is 12.1 Å². The highest BCUT2D eigenvalue weighted by molar-refractivity contribution is 5.74. The van der Waals surface area contributed by atoms with Crippen molar-refractivity contribution in [3.05, 3.63) is 30.1 Å². The summed E-state index contributed by atoms with van der Waals surface area (Å²) < 4.78 is 0. The first kappa shape index (κ1) is 15.8. The number of urea groups is 1. The molecule has 1 aliphatic rings. The van der Waals surface area contributed by atoms with Crippen LogP contribution in [0.4, 0.5) is 4.79 Å². The van der Waals surface area contributed by atoms with Crippen molar-refractivity contribution in [1.29, 1.82) is 0 Å². The molecule has 0 spiro atoms. The van der Waals surface area contributed by atoms with E-state index in [1.54, 1.807) is 17.3 Å². The number of pyridine rings is 1. The summed E-state index contributed by atoms with van der Waals surface area (Å²) >= 11 is 0. The molecule has 0 bridgehead atoms. The number of carbonyl (C=O) groups excluding carboxylic acids is 1. The summed E-state index contributed by atoms with van der Waals surface area (Å²) in [6.45, 7) is 4.05. The van der Waals surface area contributed by atoms with Crippen molar-refractivity contribution in [2.45, 2.75) is 44.6 Å². The molecular formula is C16H25N3O2. The number of aromatic nitrogens is 1. The van der Waals surface area contributed by atoms with Crippen LogP contribution >= 0.6 is 0 Å². The minimum atomic E-state index is -0.707. The van der Waals surface area contributed by atoms with Gasteiger partial charge < -0.3 is 15.3 Å². The van der Waals surface area contributed by atoms with E-state index in [1.165, 1.54) is 0 Å². The molecule has 0 unspecified atom stereocenters. The van der Waals surface area contributed by atoms with Gasteiger partial charge in [-0.1, -0.05) is 13.3 Å². The SMILES string of the molecule is CCCCNC(=O)N1CCC(O)(Cc2ccncc2)CC1. The predicted octanol–water partition coefficient (Wildman–Crippen LogP) is 1.96. The molecule has 5 nitrogen and oxygen atoms in total. The van der Waals surface area contributed by atoms with E-state index < -0.39 is 5.60 Å². The van der Waals surface area contributed by atoms with Crippen LogP contribution in [0, 0.1) is 0 Å². The van der Waals surface area contributed by atoms with Crippen LogP contribution in [0.2, 0.25) is 0 Å². The summed E-state index contributed by atoms with van der Waals surface area (Å²) in [5, 5.41) is 13.6. The Hall–Kier alpha value is -1.62. The van der Waals surface area contributed by atoms with Crippen LogP contribution in [0.1, 0.15) is 38.2 Å². The molecule has 116 valence electrons. The molecular weight excluding hydrogens is 266 g/mol. The number of hydrogen-bond acceptors (Lipinski definition) is 3. The maximum Gasteiger partial charge on any atom is 0.317 e. The molecule has 1 aromatic rings. The van der Waals surface area contributed by atoms with Crippen molar-refractivity contribution < 1.29 is 9.90 Å². The molecule has 1 aromatic heterocycles. The lowest BCUT2D eigenvalue weighted by Gasteiger charge is -2.38. The molecule has 2 heterocycles. The van der Waals surface area contributed by atoms with Crippen LogP contribution in [0.5, 0.6) is 0 Å². The van der Waals surface area contributed by atoms with Crippen molar-refractivity contribution in [3.63, 3.8) is 0 Å². The Bertz CT molecular complexity index is 442. The maximum absolute atomic E-state index is 12.0. The lowest BCUT2D eigenvalue weighted by Crippen LogP contribution is -2.50. The summed E-state index contributed by atoms with van der Waals surface area (Å²) in [5.74, 6) is 0. The van der Waals surface area contributed by atoms with Gasteiger partial charge in [0.2, 0.25) is 0 Å². The predicted molar refractivity (Wildman–Crippen MR) is 82.0 cm³/mol. The molecule has 2 N–H and O–H groups in total. The lowest BCUT2D eigenvalue weighted by molar-refractivity contribution is -0.0116. The van der Waals surface area contributed by atoms with Gasteiger partial charge in [0.15, 0.2) is 0 Å². The number of rotatable bonds is 5. The highest BCUT2D eigenvalue weighted by Gasteiger charge is 2.33. The van der Waals surface area contributed by atoms with Crippen molar-refractivity contribution in [1.82, 2.24) is 15.2 Å². The number of amides is 2. The number of hydrogen-bond donors (Lipinski definition) is 2. The van der Waals surface area contributed by atoms with E-state index >= 15 is 0 Å². The largest absolute Gasteiger partial charge is 0.389 e. The van der Waals surface area contributed by atoms with Crippen LogP contribution in [0.25, 0.3) is 0 Å². The molecule has 1 aliphatic heterocycles. The molecule has 2 amide bonds. The van der Waals surface area contributed by atoms with Crippen LogP contribution in [-0.2, 0) is 6.42 Å². The highest BCUT2D eigenvalue weighted by Crippen LogP contribution is 2.26. The molecule has 0 aliphatic carbocycles. The van der Waals surface area contributed by atoms with Gasteiger partial charge in [-0.15, -0.1) is 0 Å². The first-order chi connectivity index (χ1) is 10.1. The molecule has 21 heavy (non-hydrogen) atoms. The zero-order valence-corrected chi connectivity index (χ0v) is 12.7. The summed E-state index contributed by atoms with van der Waals surface area (Å²) in [6.07, 6.45) is 7.44. The normalized spacial score (nSPS) is 17.5. The number of nitrogens with zero attached hydrogens (tertiary/aromatic N) is 2. The van der Waals surface area contributed by atoms with Crippen molar-refractivity contribution in [2.75, 3.05) is 19.6 Å². The fourth-order valence-electron chi connectivity index (χ4n) is 2.67. The lowest BCUT2D eigenvalue weighted by atomic mass is 9.86. The highest BCUT2D eigenvalue weighted by atomic mass is 16.3. The molecule has 2 rings (SSSR count). The number of aliphatic hydroxyl groups is 1. The minimum absolute atomic E-state index is 0.00517. The average molecular weight is 291 g/mol. The van der Waals surface area contributed by atoms with E-state index in [0.29, 0.717) is 32.4 Å². The number of unbranched alkanes of at least 4 members (excludes halogenated alkanes) is 1. The van der Waals surface area contributed by atoms with Crippen LogP contribution in [0.15, 0.2) is 24.5 Å². The Morgan fingerprint density at radius 3 is 2.67 bits per heavy atom. The smallest absolute Gasteiger partial charge is 0.317 e. The van der Waals surface area contributed by atoms with Gasteiger partial charge in [-0.25, -0.2) is 4.79 Å². The fourth-order valence-corrected chi connectivity index (χ4v) is 2.67. The van der Waals surface area contributed by atoms with Gasteiger partial charge in [-0.2, -0.15) is 0 Å². The second kappa shape index (κ2) is 7.41. The number of piperidine rings is 1. The molecule has 5 heteroatoms. The Morgan fingerprint density at radius 2 is 2.05 bits per heavy atom. The third kappa shape index (κ3) is 4.70. The first-order valence-corrected chi connectivity index (χ1v) is 7.77. The van der Waals surface area contributed by atoms with E-state index in [9.17, 15) is 9.90 Å². The van der Waals surface area contributed by atoms with Crippen LogP contribution < -0.4 is 5.32 Å². The van der Waals surface area contributed by atoms with E-state index in [2.05, 4.69) is 17.2 Å². The first-order valence-electron chi connectivity index (χ1n) is 7.77. The van der Waals surface area contributed by atoms with Crippen molar-refractivity contribution >= 4 is 6.03 Å². The number of nitrogens with one attached hydrogen (secondary N) is 1. The van der Waals surface area contributed by atoms with Gasteiger partial charge in [0.05, 0.1) is 5.60 Å². The quantitative estimate of drug-likeness (QED) is 0.815. The van der Waals surface area contributed by atoms with Crippen LogP contribution in [-0.4, -0.2) is 46.3 Å². The zero-order valence-electron chi connectivity index (χ0n) is 12.7. The summed E-state index contributed by atoms with van der Waals surface area (Å²) in [6, 6.07) is 3.86. The number of likely N-dealkylation sites (tertiary alicyclic amines) is 1. The molecule has 0 radical (unpaired) electrons. The van der Waals surface area contributed by atoms with Gasteiger partial charge in [0.1, 0.15) is 0 Å². The van der Waals surface area contributed by atoms with Gasteiger partial charge in [0.25, 0.3) is 0 Å². The number of carbonyl (C=O) groups is 1. The van der Waals surface area contributed by atoms with E-state index in [0.717, 1.165) is 24.9 Å². The molecule has 1 saturated heterocycles. The molecule has 0 atom stereocenters. The van der Waals surface area contributed by atoms with Gasteiger partial charge in [-0.05, 0) is 37.0 Å². The van der Waals surface area contributed by atoms with E-state index in [-0.39, 0.29) is 6.03 Å². The van der Waals surface area contributed by atoms with Gasteiger partial charge >= 0.3 is 6.03 Å². The molecule has 0 saturated carbocycles. The van der Waals surface area contributed by atoms with Crippen molar-refractivity contribution in [2.24, 2.45) is 0 Å².